The van der Waals surface area contributed by atoms with Crippen molar-refractivity contribution >= 4 is 18.0 Å². The molecule has 0 N–H and O–H groups in total. The number of benzene rings is 2. The van der Waals surface area contributed by atoms with E-state index in [-0.39, 0.29) is 12.5 Å². The van der Waals surface area contributed by atoms with Crippen molar-refractivity contribution in [3.63, 3.8) is 0 Å². The number of ether oxygens (including phenoxy) is 2. The van der Waals surface area contributed by atoms with Gasteiger partial charge in [0.05, 0.1) is 6.54 Å². The van der Waals surface area contributed by atoms with E-state index in [2.05, 4.69) is 0 Å². The molecule has 2 aromatic carbocycles. The molecule has 0 bridgehead atoms. The van der Waals surface area contributed by atoms with Crippen LogP contribution in [0.4, 0.5) is 0 Å². The van der Waals surface area contributed by atoms with Crippen LogP contribution in [0.5, 0.6) is 17.2 Å². The zero-order valence-corrected chi connectivity index (χ0v) is 14.6. The second-order valence-corrected chi connectivity index (χ2v) is 5.84. The number of carbonyl (C=O) groups excluding carboxylic acids is 2. The van der Waals surface area contributed by atoms with Crippen LogP contribution < -0.4 is 9.47 Å². The van der Waals surface area contributed by atoms with Crippen LogP contribution in [-0.2, 0) is 14.4 Å². The zero-order valence-electron chi connectivity index (χ0n) is 14.6. The summed E-state index contributed by atoms with van der Waals surface area (Å²) in [4.78, 5) is 27.7. The molecule has 6 nitrogen and oxygen atoms in total. The number of hydrogen-bond acceptors (Lipinski definition) is 5. The summed E-state index contributed by atoms with van der Waals surface area (Å²) in [5.74, 6) is 1.26. The first-order chi connectivity index (χ1) is 12.5. The molecule has 26 heavy (non-hydrogen) atoms. The predicted octanol–water partition coefficient (Wildman–Crippen LogP) is 3.58. The number of nitrogens with zero attached hydrogens (tertiary/aromatic N) is 1. The Morgan fingerprint density at radius 3 is 2.54 bits per heavy atom. The van der Waals surface area contributed by atoms with Gasteiger partial charge in [-0.1, -0.05) is 18.2 Å². The summed E-state index contributed by atoms with van der Waals surface area (Å²) in [6.45, 7) is 3.06. The van der Waals surface area contributed by atoms with Crippen LogP contribution >= 0.6 is 0 Å². The lowest BCUT2D eigenvalue weighted by Gasteiger charge is -2.23. The molecular formula is C20H19NO5. The summed E-state index contributed by atoms with van der Waals surface area (Å²) < 4.78 is 11.6. The highest BCUT2D eigenvalue weighted by molar-refractivity contribution is 5.76. The average Bonchev–Trinajstić information content (AvgIpc) is 2.61. The van der Waals surface area contributed by atoms with Crippen molar-refractivity contribution in [3.05, 3.63) is 59.7 Å². The number of rotatable bonds is 4. The Morgan fingerprint density at radius 1 is 1.08 bits per heavy atom. The van der Waals surface area contributed by atoms with E-state index in [1.807, 2.05) is 54.6 Å². The summed E-state index contributed by atoms with van der Waals surface area (Å²) in [5, 5.41) is 1.02. The van der Waals surface area contributed by atoms with E-state index in [4.69, 9.17) is 14.3 Å². The van der Waals surface area contributed by atoms with E-state index in [0.717, 1.165) is 27.7 Å². The summed E-state index contributed by atoms with van der Waals surface area (Å²) in [5.41, 5.74) is 1.65. The molecule has 0 saturated carbocycles. The predicted molar refractivity (Wildman–Crippen MR) is 95.6 cm³/mol. The minimum Gasteiger partial charge on any atom is -0.489 e. The van der Waals surface area contributed by atoms with E-state index in [1.165, 1.54) is 13.8 Å². The fourth-order valence-corrected chi connectivity index (χ4v) is 2.53. The van der Waals surface area contributed by atoms with E-state index in [1.54, 1.807) is 0 Å². The topological polar surface area (TPSA) is 65.1 Å². The molecule has 1 aliphatic rings. The van der Waals surface area contributed by atoms with Crippen LogP contribution in [0.1, 0.15) is 19.4 Å². The van der Waals surface area contributed by atoms with Gasteiger partial charge in [-0.15, -0.1) is 0 Å². The largest absolute Gasteiger partial charge is 0.489 e. The van der Waals surface area contributed by atoms with Gasteiger partial charge >= 0.3 is 5.97 Å². The molecule has 0 fully saturated rings. The lowest BCUT2D eigenvalue weighted by Crippen LogP contribution is -2.34. The van der Waals surface area contributed by atoms with Crippen LogP contribution in [0.2, 0.25) is 0 Å². The summed E-state index contributed by atoms with van der Waals surface area (Å²) in [7, 11) is 0. The third-order valence-electron chi connectivity index (χ3n) is 3.67. The first kappa shape index (κ1) is 17.5. The van der Waals surface area contributed by atoms with Gasteiger partial charge in [0.15, 0.2) is 0 Å². The smallest absolute Gasteiger partial charge is 0.329 e. The second-order valence-electron chi connectivity index (χ2n) is 5.84. The molecule has 0 aromatic heterocycles. The van der Waals surface area contributed by atoms with Gasteiger partial charge in [-0.25, -0.2) is 0 Å². The normalized spacial score (nSPS) is 12.3. The summed E-state index contributed by atoms with van der Waals surface area (Å²) in [6, 6.07) is 15.0. The van der Waals surface area contributed by atoms with Crippen LogP contribution in [-0.4, -0.2) is 30.1 Å². The molecular weight excluding hydrogens is 334 g/mol. The molecule has 2 aromatic rings. The highest BCUT2D eigenvalue weighted by Gasteiger charge is 2.19. The van der Waals surface area contributed by atoms with E-state index in [9.17, 15) is 9.59 Å². The van der Waals surface area contributed by atoms with Crippen molar-refractivity contribution in [3.8, 4) is 17.2 Å². The number of fused-ring (bicyclic) bond motifs is 1. The fourth-order valence-electron chi connectivity index (χ4n) is 2.53. The average molecular weight is 353 g/mol. The summed E-state index contributed by atoms with van der Waals surface area (Å²) >= 11 is 0. The molecule has 1 amide bonds. The Bertz CT molecular complexity index is 845. The Morgan fingerprint density at radius 2 is 1.85 bits per heavy atom. The molecule has 134 valence electrons. The van der Waals surface area contributed by atoms with E-state index < -0.39 is 5.97 Å². The Kier molecular flexibility index (Phi) is 5.22. The number of hydroxylamine groups is 2. The van der Waals surface area contributed by atoms with Gasteiger partial charge in [-0.2, -0.15) is 5.06 Å². The fraction of sp³-hybridized carbons (Fsp3) is 0.200. The van der Waals surface area contributed by atoms with Gasteiger partial charge in [0.25, 0.3) is 5.91 Å². The van der Waals surface area contributed by atoms with Crippen molar-refractivity contribution in [1.82, 2.24) is 5.06 Å². The minimum absolute atomic E-state index is 0.151. The van der Waals surface area contributed by atoms with E-state index >= 15 is 0 Å². The standard InChI is InChI=1S/C20H19NO5/c1-14(22)21(26-15(2)23)12-16-10-17-11-19(8-9-20(17)24-13-16)25-18-6-4-3-5-7-18/h3-11H,12-13H2,1-2H3. The molecule has 6 heteroatoms. The van der Waals surface area contributed by atoms with Crippen molar-refractivity contribution < 1.29 is 23.9 Å². The first-order valence-corrected chi connectivity index (χ1v) is 8.17. The van der Waals surface area contributed by atoms with Gasteiger partial charge in [0, 0.05) is 19.4 Å². The van der Waals surface area contributed by atoms with Gasteiger partial charge in [-0.05, 0) is 42.0 Å². The number of para-hydroxylation sites is 1. The zero-order chi connectivity index (χ0) is 18.5. The maximum absolute atomic E-state index is 11.6. The number of amides is 1. The molecule has 0 aliphatic carbocycles. The van der Waals surface area contributed by atoms with Crippen LogP contribution in [0.3, 0.4) is 0 Å². The van der Waals surface area contributed by atoms with Crippen LogP contribution in [0.15, 0.2) is 54.1 Å². The Labute approximate surface area is 151 Å². The highest BCUT2D eigenvalue weighted by Crippen LogP contribution is 2.32. The highest BCUT2D eigenvalue weighted by atomic mass is 16.7. The van der Waals surface area contributed by atoms with Crippen molar-refractivity contribution in [2.24, 2.45) is 0 Å². The molecule has 0 unspecified atom stereocenters. The molecule has 0 saturated heterocycles. The number of hydrogen-bond donors (Lipinski definition) is 0. The SMILES string of the molecule is CC(=O)ON(CC1=Cc2cc(Oc3ccccc3)ccc2OC1)C(C)=O. The molecule has 0 atom stereocenters. The van der Waals surface area contributed by atoms with Crippen molar-refractivity contribution in [1.29, 1.82) is 0 Å². The van der Waals surface area contributed by atoms with Gasteiger partial charge in [0.2, 0.25) is 0 Å². The van der Waals surface area contributed by atoms with Gasteiger partial charge < -0.3 is 14.3 Å². The minimum atomic E-state index is -0.545. The maximum atomic E-state index is 11.6. The Balaban J connectivity index is 1.78. The maximum Gasteiger partial charge on any atom is 0.329 e. The van der Waals surface area contributed by atoms with Crippen LogP contribution in [0.25, 0.3) is 6.08 Å². The summed E-state index contributed by atoms with van der Waals surface area (Å²) in [6.07, 6.45) is 1.91. The lowest BCUT2D eigenvalue weighted by atomic mass is 10.1. The van der Waals surface area contributed by atoms with Crippen molar-refractivity contribution in [2.75, 3.05) is 13.2 Å². The van der Waals surface area contributed by atoms with E-state index in [0.29, 0.717) is 12.4 Å². The van der Waals surface area contributed by atoms with Gasteiger partial charge in [-0.3, -0.25) is 9.59 Å². The quantitative estimate of drug-likeness (QED) is 0.786. The van der Waals surface area contributed by atoms with Gasteiger partial charge in [0.1, 0.15) is 23.9 Å². The molecule has 1 heterocycles. The lowest BCUT2D eigenvalue weighted by molar-refractivity contribution is -0.193. The van der Waals surface area contributed by atoms with Crippen molar-refractivity contribution in [2.45, 2.75) is 13.8 Å². The second kappa shape index (κ2) is 7.74. The Hall–Kier alpha value is -3.28. The molecule has 1 aliphatic heterocycles. The molecule has 0 radical (unpaired) electrons. The molecule has 3 rings (SSSR count). The molecule has 0 spiro atoms. The third-order valence-corrected chi connectivity index (χ3v) is 3.67. The number of carbonyl (C=O) groups is 2. The first-order valence-electron chi connectivity index (χ1n) is 8.17. The monoisotopic (exact) mass is 353 g/mol. The third kappa shape index (κ3) is 4.42. The van der Waals surface area contributed by atoms with Crippen LogP contribution in [0, 0.1) is 0 Å².